The SMILES string of the molecule is COc1ccc(C2(NS(=O)C(C)(C)C)COC2)cc1OC. The van der Waals surface area contributed by atoms with E-state index in [1.165, 1.54) is 0 Å². The monoisotopic (exact) mass is 313 g/mol. The molecule has 0 radical (unpaired) electrons. The number of benzene rings is 1. The molecule has 5 nitrogen and oxygen atoms in total. The van der Waals surface area contributed by atoms with Crippen molar-refractivity contribution in [2.75, 3.05) is 27.4 Å². The smallest absolute Gasteiger partial charge is 0.161 e. The lowest BCUT2D eigenvalue weighted by Gasteiger charge is -2.43. The third-order valence-electron chi connectivity index (χ3n) is 3.48. The van der Waals surface area contributed by atoms with Crippen molar-refractivity contribution in [3.63, 3.8) is 0 Å². The van der Waals surface area contributed by atoms with Crippen molar-refractivity contribution in [2.45, 2.75) is 31.1 Å². The average molecular weight is 313 g/mol. The second kappa shape index (κ2) is 5.94. The molecule has 1 atom stereocenters. The molecular weight excluding hydrogens is 290 g/mol. The van der Waals surface area contributed by atoms with E-state index in [1.807, 2.05) is 39.0 Å². The highest BCUT2D eigenvalue weighted by Gasteiger charge is 2.43. The molecule has 0 saturated carbocycles. The van der Waals surface area contributed by atoms with E-state index in [-0.39, 0.29) is 4.75 Å². The quantitative estimate of drug-likeness (QED) is 0.903. The summed E-state index contributed by atoms with van der Waals surface area (Å²) in [5.41, 5.74) is 0.557. The molecule has 6 heteroatoms. The zero-order valence-corrected chi connectivity index (χ0v) is 14.0. The van der Waals surface area contributed by atoms with Crippen LogP contribution in [0.1, 0.15) is 26.3 Å². The Morgan fingerprint density at radius 2 is 1.81 bits per heavy atom. The molecule has 2 rings (SSSR count). The van der Waals surface area contributed by atoms with Gasteiger partial charge in [0.25, 0.3) is 0 Å². The second-order valence-electron chi connectivity index (χ2n) is 6.13. The van der Waals surface area contributed by atoms with Crippen LogP contribution in [0.5, 0.6) is 11.5 Å². The third-order valence-corrected chi connectivity index (χ3v) is 5.17. The summed E-state index contributed by atoms with van der Waals surface area (Å²) in [5.74, 6) is 1.33. The highest BCUT2D eigenvalue weighted by molar-refractivity contribution is 7.84. The number of methoxy groups -OCH3 is 2. The van der Waals surface area contributed by atoms with Crippen molar-refractivity contribution >= 4 is 11.0 Å². The summed E-state index contributed by atoms with van der Waals surface area (Å²) in [6.45, 7) is 6.81. The van der Waals surface area contributed by atoms with Crippen LogP contribution in [0, 0.1) is 0 Å². The average Bonchev–Trinajstić information content (AvgIpc) is 2.40. The normalized spacial score (nSPS) is 18.7. The molecule has 0 aliphatic carbocycles. The van der Waals surface area contributed by atoms with Crippen LogP contribution in [0.2, 0.25) is 0 Å². The summed E-state index contributed by atoms with van der Waals surface area (Å²) in [4.78, 5) is 0. The molecule has 1 saturated heterocycles. The number of ether oxygens (including phenoxy) is 3. The van der Waals surface area contributed by atoms with Crippen LogP contribution in [0.3, 0.4) is 0 Å². The molecule has 118 valence electrons. The number of rotatable bonds is 5. The van der Waals surface area contributed by atoms with E-state index in [4.69, 9.17) is 14.2 Å². The van der Waals surface area contributed by atoms with Gasteiger partial charge in [-0.25, -0.2) is 8.93 Å². The number of hydrogen-bond acceptors (Lipinski definition) is 4. The Morgan fingerprint density at radius 3 is 2.24 bits per heavy atom. The van der Waals surface area contributed by atoms with Gasteiger partial charge in [0.2, 0.25) is 0 Å². The van der Waals surface area contributed by atoms with Gasteiger partial charge in [0, 0.05) is 0 Å². The van der Waals surface area contributed by atoms with Crippen LogP contribution < -0.4 is 14.2 Å². The van der Waals surface area contributed by atoms with Gasteiger partial charge < -0.3 is 14.2 Å². The predicted octanol–water partition coefficient (Wildman–Crippen LogP) is 1.98. The van der Waals surface area contributed by atoms with Crippen LogP contribution in [-0.2, 0) is 21.3 Å². The van der Waals surface area contributed by atoms with E-state index in [1.54, 1.807) is 14.2 Å². The maximum absolute atomic E-state index is 12.4. The maximum Gasteiger partial charge on any atom is 0.161 e. The first-order valence-corrected chi connectivity index (χ1v) is 7.97. The third kappa shape index (κ3) is 3.22. The Balaban J connectivity index is 2.31. The van der Waals surface area contributed by atoms with Crippen molar-refractivity contribution < 1.29 is 18.4 Å². The van der Waals surface area contributed by atoms with Crippen molar-refractivity contribution in [3.05, 3.63) is 23.8 Å². The molecule has 1 fully saturated rings. The van der Waals surface area contributed by atoms with E-state index in [0.717, 1.165) is 5.56 Å². The summed E-state index contributed by atoms with van der Waals surface area (Å²) in [6, 6.07) is 5.72. The minimum atomic E-state index is -1.17. The van der Waals surface area contributed by atoms with Gasteiger partial charge in [0.05, 0.1) is 43.2 Å². The molecule has 21 heavy (non-hydrogen) atoms. The van der Waals surface area contributed by atoms with Crippen LogP contribution in [-0.4, -0.2) is 36.4 Å². The Hall–Kier alpha value is -1.11. The highest BCUT2D eigenvalue weighted by atomic mass is 32.2. The molecule has 1 aliphatic rings. The summed E-state index contributed by atoms with van der Waals surface area (Å²) in [7, 11) is 2.03. The van der Waals surface area contributed by atoms with Crippen molar-refractivity contribution in [1.82, 2.24) is 4.72 Å². The van der Waals surface area contributed by atoms with E-state index in [0.29, 0.717) is 24.7 Å². The van der Waals surface area contributed by atoms with Crippen molar-refractivity contribution in [3.8, 4) is 11.5 Å². The van der Waals surface area contributed by atoms with Gasteiger partial charge >= 0.3 is 0 Å². The first-order valence-electron chi connectivity index (χ1n) is 6.82. The van der Waals surface area contributed by atoms with Gasteiger partial charge in [-0.05, 0) is 38.5 Å². The molecule has 1 unspecified atom stereocenters. The topological polar surface area (TPSA) is 56.8 Å². The zero-order chi connectivity index (χ0) is 15.7. The minimum absolute atomic E-state index is 0.334. The molecule has 1 N–H and O–H groups in total. The summed E-state index contributed by atoms with van der Waals surface area (Å²) >= 11 is 0. The Bertz CT molecular complexity index is 535. The lowest BCUT2D eigenvalue weighted by atomic mass is 9.89. The van der Waals surface area contributed by atoms with Gasteiger partial charge in [-0.1, -0.05) is 6.07 Å². The van der Waals surface area contributed by atoms with Crippen LogP contribution in [0.25, 0.3) is 0 Å². The van der Waals surface area contributed by atoms with E-state index in [2.05, 4.69) is 4.72 Å². The number of nitrogens with one attached hydrogen (secondary N) is 1. The molecule has 1 aromatic rings. The fourth-order valence-corrected chi connectivity index (χ4v) is 2.95. The molecule has 0 spiro atoms. The largest absolute Gasteiger partial charge is 0.493 e. The fraction of sp³-hybridized carbons (Fsp3) is 0.600. The maximum atomic E-state index is 12.4. The Kier molecular flexibility index (Phi) is 4.60. The molecule has 1 aliphatic heterocycles. The minimum Gasteiger partial charge on any atom is -0.493 e. The van der Waals surface area contributed by atoms with Gasteiger partial charge in [-0.3, -0.25) is 0 Å². The highest BCUT2D eigenvalue weighted by Crippen LogP contribution is 2.36. The lowest BCUT2D eigenvalue weighted by Crippen LogP contribution is -2.59. The molecule has 0 aromatic heterocycles. The Labute approximate surface area is 128 Å². The molecule has 0 bridgehead atoms. The second-order valence-corrected chi connectivity index (χ2v) is 8.09. The van der Waals surface area contributed by atoms with Gasteiger partial charge in [-0.15, -0.1) is 0 Å². The number of hydrogen-bond donors (Lipinski definition) is 1. The standard InChI is InChI=1S/C15H23NO4S/c1-14(2,3)21(17)16-15(9-20-10-15)11-6-7-12(18-4)13(8-11)19-5/h6-8,16H,9-10H2,1-5H3. The lowest BCUT2D eigenvalue weighted by molar-refractivity contribution is -0.0660. The zero-order valence-electron chi connectivity index (χ0n) is 13.2. The summed E-state index contributed by atoms with van der Waals surface area (Å²) < 4.78 is 31.3. The first kappa shape index (κ1) is 16.3. The van der Waals surface area contributed by atoms with Crippen LogP contribution in [0.4, 0.5) is 0 Å². The predicted molar refractivity (Wildman–Crippen MR) is 83.1 cm³/mol. The van der Waals surface area contributed by atoms with Crippen LogP contribution >= 0.6 is 0 Å². The molecule has 1 heterocycles. The van der Waals surface area contributed by atoms with E-state index < -0.39 is 16.5 Å². The van der Waals surface area contributed by atoms with Gasteiger partial charge in [0.1, 0.15) is 5.54 Å². The molecular formula is C15H23NO4S. The van der Waals surface area contributed by atoms with Crippen molar-refractivity contribution in [2.24, 2.45) is 0 Å². The van der Waals surface area contributed by atoms with Crippen LogP contribution in [0.15, 0.2) is 18.2 Å². The summed E-state index contributed by atoms with van der Waals surface area (Å²) in [5, 5.41) is 0. The molecule has 0 amide bonds. The van der Waals surface area contributed by atoms with E-state index >= 15 is 0 Å². The van der Waals surface area contributed by atoms with E-state index in [9.17, 15) is 4.21 Å². The summed E-state index contributed by atoms with van der Waals surface area (Å²) in [6.07, 6.45) is 0. The van der Waals surface area contributed by atoms with Gasteiger partial charge in [0.15, 0.2) is 11.5 Å². The van der Waals surface area contributed by atoms with Gasteiger partial charge in [-0.2, -0.15) is 0 Å². The molecule has 1 aromatic carbocycles. The fourth-order valence-electron chi connectivity index (χ4n) is 2.06. The first-order chi connectivity index (χ1) is 9.82. The van der Waals surface area contributed by atoms with Crippen molar-refractivity contribution in [1.29, 1.82) is 0 Å². The Morgan fingerprint density at radius 1 is 1.19 bits per heavy atom.